The first-order valence-electron chi connectivity index (χ1n) is 7.83. The fraction of sp³-hybridized carbons (Fsp3) is 0.412. The number of imide groups is 1. The van der Waals surface area contributed by atoms with E-state index in [1.807, 2.05) is 0 Å². The molecular formula is C17H16N2O6. The van der Waals surface area contributed by atoms with Crippen molar-refractivity contribution >= 4 is 23.2 Å². The van der Waals surface area contributed by atoms with Crippen LogP contribution in [-0.4, -0.2) is 35.0 Å². The molecule has 2 amide bonds. The highest BCUT2D eigenvalue weighted by Crippen LogP contribution is 2.58. The van der Waals surface area contributed by atoms with Gasteiger partial charge in [-0.1, -0.05) is 12.2 Å². The number of methoxy groups -OCH3 is 1. The standard InChI is InChI=1S/C17H16N2O6/c1-16-6-7-17(2,25-16)13-12(16)14(20)18(15(13)21)10-5-4-9(24-3)8-11(10)19(22)23/h4-8,12-13H,1-3H3/t12-,13-,16-,17-/m1/s1. The zero-order valence-corrected chi connectivity index (χ0v) is 13.9. The summed E-state index contributed by atoms with van der Waals surface area (Å²) in [6, 6.07) is 4.06. The molecule has 0 N–H and O–H groups in total. The second kappa shape index (κ2) is 4.66. The Morgan fingerprint density at radius 2 is 1.72 bits per heavy atom. The number of hydrogen-bond donors (Lipinski definition) is 0. The maximum absolute atomic E-state index is 13.0. The first kappa shape index (κ1) is 15.8. The van der Waals surface area contributed by atoms with Crippen molar-refractivity contribution in [3.05, 3.63) is 40.5 Å². The molecule has 0 spiro atoms. The number of fused-ring (bicyclic) bond motifs is 5. The minimum absolute atomic E-state index is 0.0400. The van der Waals surface area contributed by atoms with Gasteiger partial charge >= 0.3 is 0 Å². The molecule has 4 rings (SSSR count). The van der Waals surface area contributed by atoms with Gasteiger partial charge in [0.2, 0.25) is 11.8 Å². The summed E-state index contributed by atoms with van der Waals surface area (Å²) in [4.78, 5) is 37.7. The Labute approximate surface area is 143 Å². The molecule has 25 heavy (non-hydrogen) atoms. The van der Waals surface area contributed by atoms with Gasteiger partial charge in [0.25, 0.3) is 5.69 Å². The van der Waals surface area contributed by atoms with Crippen LogP contribution in [0.5, 0.6) is 5.75 Å². The highest BCUT2D eigenvalue weighted by molar-refractivity contribution is 6.24. The molecule has 8 heteroatoms. The van der Waals surface area contributed by atoms with Gasteiger partial charge in [0.05, 0.1) is 41.1 Å². The molecule has 0 saturated carbocycles. The van der Waals surface area contributed by atoms with Crippen molar-refractivity contribution in [3.63, 3.8) is 0 Å². The van der Waals surface area contributed by atoms with Gasteiger partial charge in [-0.15, -0.1) is 0 Å². The van der Waals surface area contributed by atoms with E-state index in [4.69, 9.17) is 9.47 Å². The van der Waals surface area contributed by atoms with Crippen LogP contribution in [0.1, 0.15) is 13.8 Å². The van der Waals surface area contributed by atoms with E-state index in [0.717, 1.165) is 4.90 Å². The summed E-state index contributed by atoms with van der Waals surface area (Å²) in [5.74, 6) is -2.04. The van der Waals surface area contributed by atoms with Gasteiger partial charge in [-0.2, -0.15) is 0 Å². The van der Waals surface area contributed by atoms with Gasteiger partial charge in [-0.05, 0) is 26.0 Å². The maximum atomic E-state index is 13.0. The molecule has 2 fully saturated rings. The maximum Gasteiger partial charge on any atom is 0.297 e. The Morgan fingerprint density at radius 1 is 1.16 bits per heavy atom. The molecule has 130 valence electrons. The monoisotopic (exact) mass is 344 g/mol. The molecule has 8 nitrogen and oxygen atoms in total. The largest absolute Gasteiger partial charge is 0.496 e. The quantitative estimate of drug-likeness (QED) is 0.359. The van der Waals surface area contributed by atoms with Gasteiger partial charge in [-0.3, -0.25) is 19.7 Å². The fourth-order valence-electron chi connectivity index (χ4n) is 4.23. The van der Waals surface area contributed by atoms with E-state index in [2.05, 4.69) is 0 Å². The van der Waals surface area contributed by atoms with E-state index < -0.39 is 39.8 Å². The fourth-order valence-corrected chi connectivity index (χ4v) is 4.23. The number of carbonyl (C=O) groups excluding carboxylic acids is 2. The average Bonchev–Trinajstić information content (AvgIpc) is 3.11. The summed E-state index contributed by atoms with van der Waals surface area (Å²) in [6.07, 6.45) is 3.59. The van der Waals surface area contributed by atoms with E-state index in [0.29, 0.717) is 0 Å². The molecule has 1 aromatic carbocycles. The Balaban J connectivity index is 1.83. The molecule has 3 aliphatic rings. The summed E-state index contributed by atoms with van der Waals surface area (Å²) in [5.41, 5.74) is -2.14. The van der Waals surface area contributed by atoms with Gasteiger partial charge in [0.1, 0.15) is 11.4 Å². The Kier molecular flexibility index (Phi) is 2.94. The zero-order chi connectivity index (χ0) is 18.1. The highest BCUT2D eigenvalue weighted by atomic mass is 16.6. The van der Waals surface area contributed by atoms with Crippen LogP contribution < -0.4 is 9.64 Å². The molecule has 4 atom stereocenters. The highest BCUT2D eigenvalue weighted by Gasteiger charge is 2.70. The van der Waals surface area contributed by atoms with Crippen molar-refractivity contribution in [2.45, 2.75) is 25.0 Å². The van der Waals surface area contributed by atoms with Gasteiger partial charge in [0.15, 0.2) is 0 Å². The van der Waals surface area contributed by atoms with Crippen molar-refractivity contribution in [1.82, 2.24) is 0 Å². The number of nitro benzene ring substituents is 1. The topological polar surface area (TPSA) is 99.0 Å². The molecule has 2 bridgehead atoms. The Bertz CT molecular complexity index is 829. The summed E-state index contributed by atoms with van der Waals surface area (Å²) in [7, 11) is 1.39. The zero-order valence-electron chi connectivity index (χ0n) is 13.9. The number of nitrogens with zero attached hydrogens (tertiary/aromatic N) is 2. The molecule has 3 heterocycles. The van der Waals surface area contributed by atoms with Crippen molar-refractivity contribution in [3.8, 4) is 5.75 Å². The first-order valence-corrected chi connectivity index (χ1v) is 7.83. The van der Waals surface area contributed by atoms with Crippen LogP contribution in [0.25, 0.3) is 0 Å². The normalized spacial score (nSPS) is 35.4. The molecule has 0 aliphatic carbocycles. The summed E-state index contributed by atoms with van der Waals surface area (Å²) in [6.45, 7) is 3.52. The van der Waals surface area contributed by atoms with Crippen LogP contribution in [0.4, 0.5) is 11.4 Å². The summed E-state index contributed by atoms with van der Waals surface area (Å²) in [5, 5.41) is 11.4. The van der Waals surface area contributed by atoms with E-state index in [1.165, 1.54) is 25.3 Å². The molecule has 0 unspecified atom stereocenters. The van der Waals surface area contributed by atoms with Gasteiger partial charge in [-0.25, -0.2) is 4.90 Å². The van der Waals surface area contributed by atoms with Crippen LogP contribution in [0, 0.1) is 22.0 Å². The molecule has 0 radical (unpaired) electrons. The number of carbonyl (C=O) groups is 2. The number of amides is 2. The Morgan fingerprint density at radius 3 is 2.20 bits per heavy atom. The third-order valence-electron chi connectivity index (χ3n) is 5.35. The number of ether oxygens (including phenoxy) is 2. The summed E-state index contributed by atoms with van der Waals surface area (Å²) >= 11 is 0. The number of rotatable bonds is 3. The van der Waals surface area contributed by atoms with Crippen molar-refractivity contribution in [2.75, 3.05) is 12.0 Å². The lowest BCUT2D eigenvalue weighted by atomic mass is 9.73. The third kappa shape index (κ3) is 1.85. The lowest BCUT2D eigenvalue weighted by Crippen LogP contribution is -2.39. The van der Waals surface area contributed by atoms with Gasteiger partial charge < -0.3 is 9.47 Å². The van der Waals surface area contributed by atoms with Crippen LogP contribution in [0.2, 0.25) is 0 Å². The van der Waals surface area contributed by atoms with E-state index in [9.17, 15) is 19.7 Å². The minimum atomic E-state index is -0.873. The molecular weight excluding hydrogens is 328 g/mol. The number of nitro groups is 1. The predicted octanol–water partition coefficient (Wildman–Crippen LogP) is 1.83. The lowest BCUT2D eigenvalue weighted by molar-refractivity contribution is -0.384. The van der Waals surface area contributed by atoms with Gasteiger partial charge in [0, 0.05) is 0 Å². The first-order chi connectivity index (χ1) is 11.7. The SMILES string of the molecule is COc1ccc(N2C(=O)[C@H]3[C@H](C2=O)[C@@]2(C)C=C[C@@]3(C)O2)c([N+](=O)[O-])c1. The van der Waals surface area contributed by atoms with E-state index in [1.54, 1.807) is 26.0 Å². The molecule has 3 aliphatic heterocycles. The Hall–Kier alpha value is -2.74. The number of hydrogen-bond acceptors (Lipinski definition) is 6. The third-order valence-corrected chi connectivity index (χ3v) is 5.35. The van der Waals surface area contributed by atoms with Crippen LogP contribution >= 0.6 is 0 Å². The lowest BCUT2D eigenvalue weighted by Gasteiger charge is -2.25. The number of benzene rings is 1. The average molecular weight is 344 g/mol. The second-order valence-electron chi connectivity index (χ2n) is 6.88. The smallest absolute Gasteiger partial charge is 0.297 e. The van der Waals surface area contributed by atoms with E-state index in [-0.39, 0.29) is 17.1 Å². The molecule has 1 aromatic rings. The molecule has 0 aromatic heterocycles. The minimum Gasteiger partial charge on any atom is -0.496 e. The second-order valence-corrected chi connectivity index (χ2v) is 6.88. The van der Waals surface area contributed by atoms with Crippen LogP contribution in [-0.2, 0) is 14.3 Å². The van der Waals surface area contributed by atoms with Crippen molar-refractivity contribution in [2.24, 2.45) is 11.8 Å². The summed E-state index contributed by atoms with van der Waals surface area (Å²) < 4.78 is 10.9. The van der Waals surface area contributed by atoms with Crippen molar-refractivity contribution < 1.29 is 24.0 Å². The van der Waals surface area contributed by atoms with Crippen LogP contribution in [0.3, 0.4) is 0 Å². The number of anilines is 1. The van der Waals surface area contributed by atoms with Crippen molar-refractivity contribution in [1.29, 1.82) is 0 Å². The molecule has 2 saturated heterocycles. The van der Waals surface area contributed by atoms with Crippen LogP contribution in [0.15, 0.2) is 30.4 Å². The van der Waals surface area contributed by atoms with E-state index >= 15 is 0 Å². The predicted molar refractivity (Wildman–Crippen MR) is 86.2 cm³/mol.